The van der Waals surface area contributed by atoms with Crippen molar-refractivity contribution >= 4 is 12.4 Å². The molecule has 0 spiro atoms. The monoisotopic (exact) mass is 347 g/mol. The average molecular weight is 348 g/mol. The zero-order chi connectivity index (χ0) is 16.3. The molecule has 2 heteroatoms. The van der Waals surface area contributed by atoms with Gasteiger partial charge in [0.25, 0.3) is 0 Å². The van der Waals surface area contributed by atoms with Gasteiger partial charge in [0.05, 0.1) is 0 Å². The summed E-state index contributed by atoms with van der Waals surface area (Å²) >= 11 is 0. The standard InChI is InChI=1S/C21H45N.ClH/c1-4-7-8-9-10-11-12-13-14-15-16-17-18-19-20-22-21(5-2)6-3;/h21-22H,4-20H2,1-3H3;1H. The molecule has 0 radical (unpaired) electrons. The smallest absolute Gasteiger partial charge is 0.00618 e. The zero-order valence-corrected chi connectivity index (χ0v) is 17.3. The van der Waals surface area contributed by atoms with Gasteiger partial charge in [-0.05, 0) is 25.8 Å². The first-order valence-electron chi connectivity index (χ1n) is 10.6. The van der Waals surface area contributed by atoms with Crippen LogP contribution in [0.1, 0.15) is 124 Å². The molecule has 0 aromatic heterocycles. The lowest BCUT2D eigenvalue weighted by Gasteiger charge is -2.14. The highest BCUT2D eigenvalue weighted by molar-refractivity contribution is 5.85. The molecule has 0 aromatic carbocycles. The van der Waals surface area contributed by atoms with Gasteiger partial charge >= 0.3 is 0 Å². The van der Waals surface area contributed by atoms with E-state index in [1.54, 1.807) is 0 Å². The Balaban J connectivity index is 0. The minimum Gasteiger partial charge on any atom is -0.314 e. The van der Waals surface area contributed by atoms with Gasteiger partial charge in [0.2, 0.25) is 0 Å². The molecule has 0 aromatic rings. The number of hydrogen-bond acceptors (Lipinski definition) is 1. The van der Waals surface area contributed by atoms with Gasteiger partial charge in [-0.2, -0.15) is 0 Å². The molecular formula is C21H46ClN. The van der Waals surface area contributed by atoms with Crippen LogP contribution in [0.2, 0.25) is 0 Å². The minimum absolute atomic E-state index is 0. The third-order valence-electron chi connectivity index (χ3n) is 4.95. The van der Waals surface area contributed by atoms with Crippen LogP contribution in [0.5, 0.6) is 0 Å². The molecule has 0 aliphatic rings. The molecule has 0 unspecified atom stereocenters. The second-order valence-corrected chi connectivity index (χ2v) is 7.06. The molecule has 0 aliphatic heterocycles. The molecule has 142 valence electrons. The maximum atomic E-state index is 3.66. The van der Waals surface area contributed by atoms with Gasteiger partial charge in [0.1, 0.15) is 0 Å². The average Bonchev–Trinajstić information content (AvgIpc) is 2.55. The number of nitrogens with one attached hydrogen (secondary N) is 1. The molecule has 1 nitrogen and oxygen atoms in total. The second-order valence-electron chi connectivity index (χ2n) is 7.06. The fourth-order valence-corrected chi connectivity index (χ4v) is 3.20. The predicted molar refractivity (Wildman–Crippen MR) is 110 cm³/mol. The van der Waals surface area contributed by atoms with E-state index >= 15 is 0 Å². The SMILES string of the molecule is CCCCCCCCCCCCCCCCNC(CC)CC.Cl. The highest BCUT2D eigenvalue weighted by Crippen LogP contribution is 2.12. The Bertz CT molecular complexity index is 192. The number of rotatable bonds is 18. The lowest BCUT2D eigenvalue weighted by molar-refractivity contribution is 0.466. The molecule has 1 N–H and O–H groups in total. The fraction of sp³-hybridized carbons (Fsp3) is 1.00. The summed E-state index contributed by atoms with van der Waals surface area (Å²) < 4.78 is 0. The first-order valence-corrected chi connectivity index (χ1v) is 10.6. The Kier molecular flexibility index (Phi) is 24.7. The van der Waals surface area contributed by atoms with E-state index < -0.39 is 0 Å². The zero-order valence-electron chi connectivity index (χ0n) is 16.5. The summed E-state index contributed by atoms with van der Waals surface area (Å²) in [4.78, 5) is 0. The molecule has 23 heavy (non-hydrogen) atoms. The Morgan fingerprint density at radius 2 is 0.870 bits per heavy atom. The van der Waals surface area contributed by atoms with Crippen LogP contribution in [0.25, 0.3) is 0 Å². The maximum absolute atomic E-state index is 3.66. The summed E-state index contributed by atoms with van der Waals surface area (Å²) in [7, 11) is 0. The Morgan fingerprint density at radius 1 is 0.522 bits per heavy atom. The quantitative estimate of drug-likeness (QED) is 0.251. The van der Waals surface area contributed by atoms with E-state index in [1.165, 1.54) is 109 Å². The topological polar surface area (TPSA) is 12.0 Å². The van der Waals surface area contributed by atoms with Crippen LogP contribution in [0.4, 0.5) is 0 Å². The third-order valence-corrected chi connectivity index (χ3v) is 4.95. The molecular weight excluding hydrogens is 302 g/mol. The number of halogens is 1. The fourth-order valence-electron chi connectivity index (χ4n) is 3.20. The van der Waals surface area contributed by atoms with Crippen molar-refractivity contribution in [3.8, 4) is 0 Å². The van der Waals surface area contributed by atoms with Crippen molar-refractivity contribution in [1.29, 1.82) is 0 Å². The Labute approximate surface area is 154 Å². The van der Waals surface area contributed by atoms with E-state index in [1.807, 2.05) is 0 Å². The van der Waals surface area contributed by atoms with E-state index in [0.717, 1.165) is 6.04 Å². The molecule has 0 bridgehead atoms. The lowest BCUT2D eigenvalue weighted by atomic mass is 10.0. The molecule has 0 amide bonds. The third kappa shape index (κ3) is 20.2. The van der Waals surface area contributed by atoms with E-state index in [2.05, 4.69) is 26.1 Å². The van der Waals surface area contributed by atoms with E-state index in [0.29, 0.717) is 0 Å². The van der Waals surface area contributed by atoms with Crippen LogP contribution in [0, 0.1) is 0 Å². The highest BCUT2D eigenvalue weighted by atomic mass is 35.5. The van der Waals surface area contributed by atoms with Gasteiger partial charge in [-0.15, -0.1) is 12.4 Å². The summed E-state index contributed by atoms with van der Waals surface area (Å²) in [5.41, 5.74) is 0. The molecule has 0 atom stereocenters. The molecule has 0 saturated carbocycles. The van der Waals surface area contributed by atoms with Gasteiger partial charge in [0, 0.05) is 6.04 Å². The van der Waals surface area contributed by atoms with Crippen molar-refractivity contribution in [2.24, 2.45) is 0 Å². The van der Waals surface area contributed by atoms with Crippen molar-refractivity contribution in [1.82, 2.24) is 5.32 Å². The Hall–Kier alpha value is 0.250. The van der Waals surface area contributed by atoms with Crippen molar-refractivity contribution in [3.63, 3.8) is 0 Å². The molecule has 0 saturated heterocycles. The van der Waals surface area contributed by atoms with Crippen molar-refractivity contribution < 1.29 is 0 Å². The summed E-state index contributed by atoms with van der Waals surface area (Å²) in [6.07, 6.45) is 22.8. The van der Waals surface area contributed by atoms with Gasteiger partial charge < -0.3 is 5.32 Å². The molecule has 0 rings (SSSR count). The maximum Gasteiger partial charge on any atom is 0.00618 e. The van der Waals surface area contributed by atoms with Crippen molar-refractivity contribution in [3.05, 3.63) is 0 Å². The van der Waals surface area contributed by atoms with Crippen LogP contribution in [-0.4, -0.2) is 12.6 Å². The van der Waals surface area contributed by atoms with Crippen LogP contribution >= 0.6 is 12.4 Å². The Morgan fingerprint density at radius 3 is 1.22 bits per heavy atom. The van der Waals surface area contributed by atoms with Gasteiger partial charge in [-0.1, -0.05) is 104 Å². The second kappa shape index (κ2) is 22.2. The summed E-state index contributed by atoms with van der Waals surface area (Å²) in [6, 6.07) is 0.752. The largest absolute Gasteiger partial charge is 0.314 e. The normalized spacial score (nSPS) is 11.0. The van der Waals surface area contributed by atoms with Gasteiger partial charge in [0.15, 0.2) is 0 Å². The first-order chi connectivity index (χ1) is 10.8. The van der Waals surface area contributed by atoms with E-state index in [-0.39, 0.29) is 12.4 Å². The number of unbranched alkanes of at least 4 members (excludes halogenated alkanes) is 13. The van der Waals surface area contributed by atoms with Gasteiger partial charge in [-0.3, -0.25) is 0 Å². The van der Waals surface area contributed by atoms with Crippen molar-refractivity contribution in [2.45, 2.75) is 130 Å². The van der Waals surface area contributed by atoms with Crippen molar-refractivity contribution in [2.75, 3.05) is 6.54 Å². The van der Waals surface area contributed by atoms with Crippen LogP contribution < -0.4 is 5.32 Å². The van der Waals surface area contributed by atoms with E-state index in [4.69, 9.17) is 0 Å². The van der Waals surface area contributed by atoms with Crippen LogP contribution in [-0.2, 0) is 0 Å². The summed E-state index contributed by atoms with van der Waals surface area (Å²) in [5, 5.41) is 3.66. The van der Waals surface area contributed by atoms with Gasteiger partial charge in [-0.25, -0.2) is 0 Å². The molecule has 0 aliphatic carbocycles. The predicted octanol–water partition coefficient (Wildman–Crippen LogP) is 7.67. The molecule has 0 heterocycles. The highest BCUT2D eigenvalue weighted by Gasteiger charge is 2.00. The summed E-state index contributed by atoms with van der Waals surface area (Å²) in [5.74, 6) is 0. The molecule has 0 fully saturated rings. The lowest BCUT2D eigenvalue weighted by Crippen LogP contribution is -2.28. The van der Waals surface area contributed by atoms with Crippen LogP contribution in [0.3, 0.4) is 0 Å². The van der Waals surface area contributed by atoms with Crippen LogP contribution in [0.15, 0.2) is 0 Å². The summed E-state index contributed by atoms with van der Waals surface area (Å²) in [6.45, 7) is 8.09. The number of hydrogen-bond donors (Lipinski definition) is 1. The van der Waals surface area contributed by atoms with E-state index in [9.17, 15) is 0 Å². The first kappa shape index (κ1) is 25.5. The minimum atomic E-state index is 0.